The minimum atomic E-state index is -0.372. The zero-order valence-corrected chi connectivity index (χ0v) is 9.72. The SMILES string of the molecule is CN(C)[C@@H](COCc1ccccc1)C(N)=O. The van der Waals surface area contributed by atoms with Crippen LogP contribution in [0.5, 0.6) is 0 Å². The van der Waals surface area contributed by atoms with Crippen LogP contribution in [0.1, 0.15) is 5.56 Å². The molecule has 0 unspecified atom stereocenters. The molecule has 1 amide bonds. The van der Waals surface area contributed by atoms with Crippen molar-refractivity contribution in [3.05, 3.63) is 35.9 Å². The Hall–Kier alpha value is -1.39. The van der Waals surface area contributed by atoms with E-state index in [1.165, 1.54) is 0 Å². The van der Waals surface area contributed by atoms with Crippen LogP contribution in [-0.4, -0.2) is 37.6 Å². The first-order chi connectivity index (χ1) is 7.61. The monoisotopic (exact) mass is 222 g/mol. The highest BCUT2D eigenvalue weighted by molar-refractivity contribution is 5.79. The van der Waals surface area contributed by atoms with Gasteiger partial charge in [-0.15, -0.1) is 0 Å². The summed E-state index contributed by atoms with van der Waals surface area (Å²) in [6.45, 7) is 0.815. The van der Waals surface area contributed by atoms with E-state index in [-0.39, 0.29) is 11.9 Å². The predicted octanol–water partition coefficient (Wildman–Crippen LogP) is 0.619. The molecular formula is C12H18N2O2. The maximum absolute atomic E-state index is 11.1. The van der Waals surface area contributed by atoms with Crippen LogP contribution in [0.2, 0.25) is 0 Å². The largest absolute Gasteiger partial charge is 0.375 e. The first-order valence-corrected chi connectivity index (χ1v) is 5.18. The number of carbonyl (C=O) groups is 1. The van der Waals surface area contributed by atoms with E-state index in [2.05, 4.69) is 0 Å². The summed E-state index contributed by atoms with van der Waals surface area (Å²) in [7, 11) is 3.61. The van der Waals surface area contributed by atoms with Crippen LogP contribution in [-0.2, 0) is 16.1 Å². The fraction of sp³-hybridized carbons (Fsp3) is 0.417. The standard InChI is InChI=1S/C12H18N2O2/c1-14(2)11(12(13)15)9-16-8-10-6-4-3-5-7-10/h3-7,11H,8-9H2,1-2H3,(H2,13,15)/t11-/m0/s1. The Bertz CT molecular complexity index is 325. The van der Waals surface area contributed by atoms with Gasteiger partial charge in [-0.1, -0.05) is 30.3 Å². The molecule has 4 heteroatoms. The Kier molecular flexibility index (Phi) is 4.95. The number of likely N-dealkylation sites (N-methyl/N-ethyl adjacent to an activating group) is 1. The first-order valence-electron chi connectivity index (χ1n) is 5.18. The normalized spacial score (nSPS) is 12.7. The minimum absolute atomic E-state index is 0.317. The Balaban J connectivity index is 2.37. The second-order valence-corrected chi connectivity index (χ2v) is 3.88. The molecule has 1 atom stereocenters. The maximum Gasteiger partial charge on any atom is 0.237 e. The second-order valence-electron chi connectivity index (χ2n) is 3.88. The van der Waals surface area contributed by atoms with Crippen molar-refractivity contribution in [3.8, 4) is 0 Å². The van der Waals surface area contributed by atoms with Crippen LogP contribution in [0.15, 0.2) is 30.3 Å². The molecular weight excluding hydrogens is 204 g/mol. The third kappa shape index (κ3) is 4.00. The van der Waals surface area contributed by atoms with Gasteiger partial charge in [0, 0.05) is 0 Å². The van der Waals surface area contributed by atoms with Gasteiger partial charge in [-0.3, -0.25) is 9.69 Å². The quantitative estimate of drug-likeness (QED) is 0.767. The molecule has 4 nitrogen and oxygen atoms in total. The highest BCUT2D eigenvalue weighted by Crippen LogP contribution is 2.02. The summed E-state index contributed by atoms with van der Waals surface area (Å²) in [6.07, 6.45) is 0. The number of hydrogen-bond acceptors (Lipinski definition) is 3. The van der Waals surface area contributed by atoms with Gasteiger partial charge in [-0.05, 0) is 19.7 Å². The second kappa shape index (κ2) is 6.25. The molecule has 1 aromatic carbocycles. The summed E-state index contributed by atoms with van der Waals surface area (Å²) in [5.41, 5.74) is 6.34. The fourth-order valence-corrected chi connectivity index (χ4v) is 1.35. The smallest absolute Gasteiger partial charge is 0.237 e. The van der Waals surface area contributed by atoms with Crippen molar-refractivity contribution in [1.29, 1.82) is 0 Å². The molecule has 0 radical (unpaired) electrons. The van der Waals surface area contributed by atoms with E-state index >= 15 is 0 Å². The van der Waals surface area contributed by atoms with Crippen LogP contribution in [0.3, 0.4) is 0 Å². The van der Waals surface area contributed by atoms with Crippen molar-refractivity contribution in [2.45, 2.75) is 12.6 Å². The molecule has 0 saturated heterocycles. The highest BCUT2D eigenvalue weighted by atomic mass is 16.5. The van der Waals surface area contributed by atoms with E-state index in [1.54, 1.807) is 19.0 Å². The van der Waals surface area contributed by atoms with Gasteiger partial charge in [-0.2, -0.15) is 0 Å². The third-order valence-electron chi connectivity index (χ3n) is 2.34. The van der Waals surface area contributed by atoms with Gasteiger partial charge in [0.2, 0.25) is 5.91 Å². The van der Waals surface area contributed by atoms with E-state index in [9.17, 15) is 4.79 Å². The molecule has 2 N–H and O–H groups in total. The molecule has 88 valence electrons. The Morgan fingerprint density at radius 1 is 1.38 bits per heavy atom. The van der Waals surface area contributed by atoms with Gasteiger partial charge in [0.15, 0.2) is 0 Å². The van der Waals surface area contributed by atoms with Gasteiger partial charge in [-0.25, -0.2) is 0 Å². The summed E-state index contributed by atoms with van der Waals surface area (Å²) in [6, 6.07) is 9.45. The van der Waals surface area contributed by atoms with Crippen LogP contribution >= 0.6 is 0 Å². The van der Waals surface area contributed by atoms with E-state index in [0.29, 0.717) is 13.2 Å². The van der Waals surface area contributed by atoms with Crippen molar-refractivity contribution < 1.29 is 9.53 Å². The number of nitrogens with two attached hydrogens (primary N) is 1. The first kappa shape index (κ1) is 12.7. The number of ether oxygens (including phenoxy) is 1. The lowest BCUT2D eigenvalue weighted by Gasteiger charge is -2.20. The van der Waals surface area contributed by atoms with Gasteiger partial charge in [0.1, 0.15) is 6.04 Å². The number of carbonyl (C=O) groups excluding carboxylic acids is 1. The Labute approximate surface area is 96.0 Å². The average molecular weight is 222 g/mol. The van der Waals surface area contributed by atoms with Gasteiger partial charge < -0.3 is 10.5 Å². The molecule has 1 aromatic rings. The summed E-state index contributed by atoms with van der Waals surface area (Å²) in [4.78, 5) is 12.8. The van der Waals surface area contributed by atoms with Crippen LogP contribution < -0.4 is 5.73 Å². The van der Waals surface area contributed by atoms with E-state index in [4.69, 9.17) is 10.5 Å². The highest BCUT2D eigenvalue weighted by Gasteiger charge is 2.17. The molecule has 0 saturated carbocycles. The van der Waals surface area contributed by atoms with E-state index in [1.807, 2.05) is 30.3 Å². The zero-order valence-electron chi connectivity index (χ0n) is 9.72. The zero-order chi connectivity index (χ0) is 12.0. The predicted molar refractivity (Wildman–Crippen MR) is 62.8 cm³/mol. The van der Waals surface area contributed by atoms with Crippen molar-refractivity contribution in [2.24, 2.45) is 5.73 Å². The summed E-state index contributed by atoms with van der Waals surface area (Å²) in [5.74, 6) is -0.363. The van der Waals surface area contributed by atoms with Crippen LogP contribution in [0.25, 0.3) is 0 Å². The van der Waals surface area contributed by atoms with Crippen molar-refractivity contribution >= 4 is 5.91 Å². The summed E-state index contributed by atoms with van der Waals surface area (Å²) in [5, 5.41) is 0. The molecule has 0 aliphatic heterocycles. The lowest BCUT2D eigenvalue weighted by Crippen LogP contribution is -2.43. The number of primary amides is 1. The molecule has 0 aromatic heterocycles. The van der Waals surface area contributed by atoms with Gasteiger partial charge >= 0.3 is 0 Å². The molecule has 0 spiro atoms. The Morgan fingerprint density at radius 3 is 2.50 bits per heavy atom. The van der Waals surface area contributed by atoms with Crippen molar-refractivity contribution in [2.75, 3.05) is 20.7 Å². The number of rotatable bonds is 6. The number of nitrogens with zero attached hydrogens (tertiary/aromatic N) is 1. The van der Waals surface area contributed by atoms with Crippen LogP contribution in [0.4, 0.5) is 0 Å². The van der Waals surface area contributed by atoms with Gasteiger partial charge in [0.25, 0.3) is 0 Å². The number of hydrogen-bond donors (Lipinski definition) is 1. The van der Waals surface area contributed by atoms with E-state index < -0.39 is 0 Å². The molecule has 1 rings (SSSR count). The van der Waals surface area contributed by atoms with E-state index in [0.717, 1.165) is 5.56 Å². The minimum Gasteiger partial charge on any atom is -0.375 e. The molecule has 16 heavy (non-hydrogen) atoms. The lowest BCUT2D eigenvalue weighted by atomic mass is 10.2. The maximum atomic E-state index is 11.1. The molecule has 0 fully saturated rings. The summed E-state index contributed by atoms with van der Waals surface area (Å²) < 4.78 is 5.46. The number of amides is 1. The third-order valence-corrected chi connectivity index (χ3v) is 2.34. The van der Waals surface area contributed by atoms with Crippen molar-refractivity contribution in [3.63, 3.8) is 0 Å². The summed E-state index contributed by atoms with van der Waals surface area (Å²) >= 11 is 0. The molecule has 0 aliphatic rings. The molecule has 0 heterocycles. The lowest BCUT2D eigenvalue weighted by molar-refractivity contribution is -0.124. The molecule has 0 bridgehead atoms. The Morgan fingerprint density at radius 2 is 2.00 bits per heavy atom. The average Bonchev–Trinajstić information content (AvgIpc) is 2.24. The number of benzene rings is 1. The molecule has 0 aliphatic carbocycles. The fourth-order valence-electron chi connectivity index (χ4n) is 1.35. The topological polar surface area (TPSA) is 55.6 Å². The van der Waals surface area contributed by atoms with Gasteiger partial charge in [0.05, 0.1) is 13.2 Å². The van der Waals surface area contributed by atoms with Crippen LogP contribution in [0, 0.1) is 0 Å². The van der Waals surface area contributed by atoms with Crippen molar-refractivity contribution in [1.82, 2.24) is 4.90 Å².